The number of nitrogens with two attached hydrogens (primary N) is 1. The number of aromatic nitrogens is 2. The standard InChI is InChI=1S/C11H19N5O2/c1-5-8(10(12)15-18)13-11(17)9-6(2)14-16(4)7(9)3/h8,18H,5H2,1-4H3,(H2,12,15)(H,13,17). The van der Waals surface area contributed by atoms with Crippen LogP contribution in [0.4, 0.5) is 0 Å². The summed E-state index contributed by atoms with van der Waals surface area (Å²) in [6, 6.07) is -0.485. The summed E-state index contributed by atoms with van der Waals surface area (Å²) in [5.41, 5.74) is 7.46. The van der Waals surface area contributed by atoms with Gasteiger partial charge in [-0.2, -0.15) is 5.10 Å². The van der Waals surface area contributed by atoms with Gasteiger partial charge >= 0.3 is 0 Å². The van der Waals surface area contributed by atoms with Gasteiger partial charge in [0.25, 0.3) is 5.91 Å². The lowest BCUT2D eigenvalue weighted by Crippen LogP contribution is -2.44. The van der Waals surface area contributed by atoms with Crippen molar-refractivity contribution in [2.75, 3.05) is 0 Å². The number of aryl methyl sites for hydroxylation is 2. The van der Waals surface area contributed by atoms with Crippen LogP contribution in [-0.2, 0) is 7.05 Å². The van der Waals surface area contributed by atoms with Crippen LogP contribution in [0.15, 0.2) is 5.16 Å². The van der Waals surface area contributed by atoms with E-state index < -0.39 is 6.04 Å². The Morgan fingerprint density at radius 1 is 1.61 bits per heavy atom. The van der Waals surface area contributed by atoms with Crippen LogP contribution in [0.1, 0.15) is 35.1 Å². The van der Waals surface area contributed by atoms with Crippen LogP contribution in [-0.4, -0.2) is 32.8 Å². The fraction of sp³-hybridized carbons (Fsp3) is 0.545. The topological polar surface area (TPSA) is 106 Å². The Balaban J connectivity index is 2.95. The van der Waals surface area contributed by atoms with Gasteiger partial charge in [0, 0.05) is 12.7 Å². The van der Waals surface area contributed by atoms with Gasteiger partial charge in [-0.1, -0.05) is 12.1 Å². The van der Waals surface area contributed by atoms with E-state index in [0.717, 1.165) is 5.69 Å². The quantitative estimate of drug-likeness (QED) is 0.310. The van der Waals surface area contributed by atoms with Crippen LogP contribution >= 0.6 is 0 Å². The van der Waals surface area contributed by atoms with Crippen LogP contribution in [0.2, 0.25) is 0 Å². The van der Waals surface area contributed by atoms with Gasteiger partial charge in [-0.25, -0.2) is 0 Å². The average Bonchev–Trinajstić information content (AvgIpc) is 2.59. The van der Waals surface area contributed by atoms with Crippen LogP contribution in [0.25, 0.3) is 0 Å². The van der Waals surface area contributed by atoms with Crippen molar-refractivity contribution in [3.63, 3.8) is 0 Å². The van der Waals surface area contributed by atoms with Gasteiger partial charge in [0.2, 0.25) is 0 Å². The summed E-state index contributed by atoms with van der Waals surface area (Å²) in [6.07, 6.45) is 0.542. The number of nitrogens with one attached hydrogen (secondary N) is 1. The molecule has 0 bridgehead atoms. The molecule has 0 saturated carbocycles. The third-order valence-corrected chi connectivity index (χ3v) is 2.92. The number of hydrogen-bond donors (Lipinski definition) is 3. The summed E-state index contributed by atoms with van der Waals surface area (Å²) in [5.74, 6) is -0.276. The number of amides is 1. The Kier molecular flexibility index (Phi) is 4.30. The van der Waals surface area contributed by atoms with Gasteiger partial charge in [0.1, 0.15) is 0 Å². The molecule has 0 saturated heterocycles. The number of nitrogens with zero attached hydrogens (tertiary/aromatic N) is 3. The van der Waals surface area contributed by atoms with Crippen molar-refractivity contribution in [2.24, 2.45) is 17.9 Å². The molecule has 0 radical (unpaired) electrons. The maximum Gasteiger partial charge on any atom is 0.255 e. The molecule has 1 aromatic heterocycles. The maximum absolute atomic E-state index is 12.1. The third kappa shape index (κ3) is 2.61. The molecule has 7 heteroatoms. The highest BCUT2D eigenvalue weighted by Gasteiger charge is 2.21. The first-order chi connectivity index (χ1) is 8.42. The number of carbonyl (C=O) groups excluding carboxylic acids is 1. The SMILES string of the molecule is CCC(NC(=O)c1c(C)nn(C)c1C)/C(N)=N/O. The third-order valence-electron chi connectivity index (χ3n) is 2.92. The lowest BCUT2D eigenvalue weighted by atomic mass is 10.1. The van der Waals surface area contributed by atoms with Crippen molar-refractivity contribution in [3.05, 3.63) is 17.0 Å². The lowest BCUT2D eigenvalue weighted by Gasteiger charge is -2.15. The van der Waals surface area contributed by atoms with E-state index in [9.17, 15) is 4.79 Å². The van der Waals surface area contributed by atoms with Crippen molar-refractivity contribution in [1.29, 1.82) is 0 Å². The van der Waals surface area contributed by atoms with E-state index in [1.807, 2.05) is 13.8 Å². The zero-order valence-electron chi connectivity index (χ0n) is 11.1. The summed E-state index contributed by atoms with van der Waals surface area (Å²) in [7, 11) is 1.78. The lowest BCUT2D eigenvalue weighted by molar-refractivity contribution is 0.0944. The molecule has 1 unspecified atom stereocenters. The van der Waals surface area contributed by atoms with E-state index in [4.69, 9.17) is 10.9 Å². The Bertz CT molecular complexity index is 478. The molecule has 0 aliphatic carbocycles. The van der Waals surface area contributed by atoms with Gasteiger partial charge in [-0.05, 0) is 20.3 Å². The second-order valence-electron chi connectivity index (χ2n) is 4.13. The molecular weight excluding hydrogens is 234 g/mol. The molecule has 18 heavy (non-hydrogen) atoms. The molecule has 1 aromatic rings. The zero-order chi connectivity index (χ0) is 13.9. The highest BCUT2D eigenvalue weighted by atomic mass is 16.4. The van der Waals surface area contributed by atoms with E-state index in [0.29, 0.717) is 17.7 Å². The minimum atomic E-state index is -0.485. The second-order valence-corrected chi connectivity index (χ2v) is 4.13. The summed E-state index contributed by atoms with van der Waals surface area (Å²) in [6.45, 7) is 5.43. The van der Waals surface area contributed by atoms with E-state index in [2.05, 4.69) is 15.6 Å². The Morgan fingerprint density at radius 3 is 2.61 bits per heavy atom. The number of carbonyl (C=O) groups is 1. The van der Waals surface area contributed by atoms with Gasteiger partial charge in [0.15, 0.2) is 5.84 Å². The Morgan fingerprint density at radius 2 is 2.22 bits per heavy atom. The van der Waals surface area contributed by atoms with Crippen molar-refractivity contribution >= 4 is 11.7 Å². The van der Waals surface area contributed by atoms with Crippen LogP contribution in [0.3, 0.4) is 0 Å². The van der Waals surface area contributed by atoms with Crippen LogP contribution < -0.4 is 11.1 Å². The molecule has 4 N–H and O–H groups in total. The fourth-order valence-corrected chi connectivity index (χ4v) is 1.79. The monoisotopic (exact) mass is 253 g/mol. The molecule has 1 heterocycles. The number of amidine groups is 1. The summed E-state index contributed by atoms with van der Waals surface area (Å²) < 4.78 is 1.65. The largest absolute Gasteiger partial charge is 0.409 e. The number of hydrogen-bond acceptors (Lipinski definition) is 4. The smallest absolute Gasteiger partial charge is 0.255 e. The normalized spacial score (nSPS) is 13.4. The van der Waals surface area contributed by atoms with Crippen LogP contribution in [0, 0.1) is 13.8 Å². The maximum atomic E-state index is 12.1. The van der Waals surface area contributed by atoms with Crippen molar-refractivity contribution < 1.29 is 10.0 Å². The zero-order valence-corrected chi connectivity index (χ0v) is 11.1. The first-order valence-corrected chi connectivity index (χ1v) is 5.70. The average molecular weight is 253 g/mol. The first kappa shape index (κ1) is 14.0. The molecule has 1 atom stereocenters. The minimum absolute atomic E-state index is 0.00922. The molecule has 100 valence electrons. The predicted octanol–water partition coefficient (Wildman–Crippen LogP) is 0.292. The molecular formula is C11H19N5O2. The first-order valence-electron chi connectivity index (χ1n) is 5.70. The molecule has 7 nitrogen and oxygen atoms in total. The van der Waals surface area contributed by atoms with E-state index in [1.165, 1.54) is 0 Å². The second kappa shape index (κ2) is 5.52. The fourth-order valence-electron chi connectivity index (χ4n) is 1.79. The predicted molar refractivity (Wildman–Crippen MR) is 67.6 cm³/mol. The highest BCUT2D eigenvalue weighted by molar-refractivity contribution is 5.99. The molecule has 1 amide bonds. The van der Waals surface area contributed by atoms with E-state index >= 15 is 0 Å². The number of oxime groups is 1. The Labute approximate surface area is 106 Å². The summed E-state index contributed by atoms with van der Waals surface area (Å²) in [5, 5.41) is 18.4. The van der Waals surface area contributed by atoms with E-state index in [-0.39, 0.29) is 11.7 Å². The van der Waals surface area contributed by atoms with Crippen LogP contribution in [0.5, 0.6) is 0 Å². The molecule has 0 aliphatic rings. The molecule has 0 spiro atoms. The van der Waals surface area contributed by atoms with Crippen molar-refractivity contribution in [3.8, 4) is 0 Å². The summed E-state index contributed by atoms with van der Waals surface area (Å²) in [4.78, 5) is 12.1. The van der Waals surface area contributed by atoms with Crippen molar-refractivity contribution in [1.82, 2.24) is 15.1 Å². The number of rotatable bonds is 4. The Hall–Kier alpha value is -2.05. The minimum Gasteiger partial charge on any atom is -0.409 e. The van der Waals surface area contributed by atoms with Crippen molar-refractivity contribution in [2.45, 2.75) is 33.2 Å². The summed E-state index contributed by atoms with van der Waals surface area (Å²) >= 11 is 0. The van der Waals surface area contributed by atoms with Gasteiger partial charge in [-0.3, -0.25) is 9.48 Å². The van der Waals surface area contributed by atoms with Gasteiger partial charge in [0.05, 0.1) is 17.3 Å². The molecule has 0 aliphatic heterocycles. The molecule has 1 rings (SSSR count). The van der Waals surface area contributed by atoms with E-state index in [1.54, 1.807) is 18.7 Å². The molecule has 0 aromatic carbocycles. The van der Waals surface area contributed by atoms with Gasteiger partial charge in [-0.15, -0.1) is 0 Å². The molecule has 0 fully saturated rings. The van der Waals surface area contributed by atoms with Gasteiger partial charge < -0.3 is 16.3 Å². The highest BCUT2D eigenvalue weighted by Crippen LogP contribution is 2.12.